The molecule has 2 rings (SSSR count). The zero-order valence-corrected chi connectivity index (χ0v) is 13.2. The molecule has 3 nitrogen and oxygen atoms in total. The van der Waals surface area contributed by atoms with E-state index in [9.17, 15) is 0 Å². The third-order valence-electron chi connectivity index (χ3n) is 3.50. The van der Waals surface area contributed by atoms with Crippen molar-refractivity contribution < 1.29 is 0 Å². The van der Waals surface area contributed by atoms with Gasteiger partial charge in [-0.3, -0.25) is 9.88 Å². The molecule has 0 aromatic carbocycles. The van der Waals surface area contributed by atoms with Gasteiger partial charge in [0, 0.05) is 49.1 Å². The molecule has 1 atom stereocenters. The molecule has 2 heterocycles. The fourth-order valence-electron chi connectivity index (χ4n) is 2.35. The number of piperazine rings is 1. The molecule has 1 fully saturated rings. The van der Waals surface area contributed by atoms with Crippen LogP contribution in [0.25, 0.3) is 0 Å². The summed E-state index contributed by atoms with van der Waals surface area (Å²) in [5, 5.41) is 3.47. The quantitative estimate of drug-likeness (QED) is 0.668. The van der Waals surface area contributed by atoms with E-state index >= 15 is 0 Å². The zero-order valence-electron chi connectivity index (χ0n) is 11.7. The van der Waals surface area contributed by atoms with Crippen LogP contribution in [0, 0.1) is 6.92 Å². The molecule has 0 radical (unpaired) electrons. The van der Waals surface area contributed by atoms with Gasteiger partial charge >= 0.3 is 0 Å². The first-order valence-electron chi connectivity index (χ1n) is 6.79. The highest BCUT2D eigenvalue weighted by molar-refractivity contribution is 7.99. The van der Waals surface area contributed by atoms with Gasteiger partial charge in [0.15, 0.2) is 0 Å². The molecule has 0 saturated carbocycles. The normalized spacial score (nSPS) is 20.7. The van der Waals surface area contributed by atoms with Gasteiger partial charge in [0.2, 0.25) is 0 Å². The van der Waals surface area contributed by atoms with Gasteiger partial charge in [-0.15, -0.1) is 23.4 Å². The summed E-state index contributed by atoms with van der Waals surface area (Å²) in [6, 6.07) is 2.71. The lowest BCUT2D eigenvalue weighted by molar-refractivity contribution is 0.218. The van der Waals surface area contributed by atoms with Crippen LogP contribution in [0.3, 0.4) is 0 Å². The summed E-state index contributed by atoms with van der Waals surface area (Å²) >= 11 is 7.80. The van der Waals surface area contributed by atoms with Gasteiger partial charge in [-0.2, -0.15) is 0 Å². The highest BCUT2D eigenvalue weighted by Gasteiger charge is 2.15. The third kappa shape index (κ3) is 4.35. The molecule has 1 saturated heterocycles. The Balaban J connectivity index is 1.82. The second kappa shape index (κ2) is 7.48. The molecule has 0 amide bonds. The Morgan fingerprint density at radius 2 is 2.42 bits per heavy atom. The van der Waals surface area contributed by atoms with Crippen molar-refractivity contribution in [2.45, 2.75) is 30.7 Å². The molecule has 1 aromatic heterocycles. The summed E-state index contributed by atoms with van der Waals surface area (Å²) in [7, 11) is 0. The predicted octanol–water partition coefficient (Wildman–Crippen LogP) is 2.51. The predicted molar refractivity (Wildman–Crippen MR) is 83.2 cm³/mol. The second-order valence-electron chi connectivity index (χ2n) is 5.02. The van der Waals surface area contributed by atoms with Crippen molar-refractivity contribution in [2.75, 3.05) is 31.9 Å². The largest absolute Gasteiger partial charge is 0.312 e. The Morgan fingerprint density at radius 1 is 1.58 bits per heavy atom. The number of hydrogen-bond acceptors (Lipinski definition) is 4. The average Bonchev–Trinajstić information content (AvgIpc) is 2.41. The zero-order chi connectivity index (χ0) is 13.7. The maximum Gasteiger partial charge on any atom is 0.0650 e. The fourth-order valence-corrected chi connectivity index (χ4v) is 3.68. The monoisotopic (exact) mass is 299 g/mol. The number of aromatic nitrogens is 1. The minimum Gasteiger partial charge on any atom is -0.312 e. The van der Waals surface area contributed by atoms with E-state index in [1.54, 1.807) is 0 Å². The summed E-state index contributed by atoms with van der Waals surface area (Å²) in [6.07, 6.45) is 1.86. The molecule has 1 aromatic rings. The summed E-state index contributed by atoms with van der Waals surface area (Å²) in [4.78, 5) is 8.15. The summed E-state index contributed by atoms with van der Waals surface area (Å²) < 4.78 is 0. The topological polar surface area (TPSA) is 28.2 Å². The molecule has 0 aliphatic carbocycles. The van der Waals surface area contributed by atoms with E-state index in [4.69, 9.17) is 11.6 Å². The SMILES string of the molecule is Cc1c(SCCN2CCNC(C)C2)ccnc1CCl. The van der Waals surface area contributed by atoms with Crippen LogP contribution in [0.1, 0.15) is 18.2 Å². The standard InChI is InChI=1S/C14H22ClN3S/c1-11-10-18(6-5-16-11)7-8-19-14-3-4-17-13(9-15)12(14)2/h3-4,11,16H,5-10H2,1-2H3. The molecule has 106 valence electrons. The Bertz CT molecular complexity index is 414. The minimum absolute atomic E-state index is 0.496. The van der Waals surface area contributed by atoms with Gasteiger partial charge in [0.05, 0.1) is 11.6 Å². The second-order valence-corrected chi connectivity index (χ2v) is 6.42. The molecule has 1 unspecified atom stereocenters. The van der Waals surface area contributed by atoms with E-state index in [0.29, 0.717) is 11.9 Å². The highest BCUT2D eigenvalue weighted by Crippen LogP contribution is 2.24. The van der Waals surface area contributed by atoms with E-state index in [0.717, 1.165) is 37.6 Å². The van der Waals surface area contributed by atoms with Crippen LogP contribution in [0.5, 0.6) is 0 Å². The van der Waals surface area contributed by atoms with Crippen LogP contribution in [-0.4, -0.2) is 47.9 Å². The van der Waals surface area contributed by atoms with E-state index in [1.165, 1.54) is 10.5 Å². The van der Waals surface area contributed by atoms with Crippen molar-refractivity contribution in [3.05, 3.63) is 23.5 Å². The van der Waals surface area contributed by atoms with E-state index in [1.807, 2.05) is 18.0 Å². The summed E-state index contributed by atoms with van der Waals surface area (Å²) in [5.74, 6) is 1.62. The third-order valence-corrected chi connectivity index (χ3v) is 4.90. The molecule has 0 bridgehead atoms. The first-order chi connectivity index (χ1) is 9.20. The lowest BCUT2D eigenvalue weighted by atomic mass is 10.2. The van der Waals surface area contributed by atoms with E-state index < -0.39 is 0 Å². The fraction of sp³-hybridized carbons (Fsp3) is 0.643. The van der Waals surface area contributed by atoms with Crippen LogP contribution in [0.2, 0.25) is 0 Å². The van der Waals surface area contributed by atoms with Crippen LogP contribution >= 0.6 is 23.4 Å². The van der Waals surface area contributed by atoms with Gasteiger partial charge in [0.1, 0.15) is 0 Å². The maximum atomic E-state index is 5.89. The van der Waals surface area contributed by atoms with Crippen LogP contribution in [0.15, 0.2) is 17.2 Å². The minimum atomic E-state index is 0.496. The number of thioether (sulfide) groups is 1. The number of halogens is 1. The molecule has 0 spiro atoms. The molecule has 1 aliphatic heterocycles. The number of nitrogens with zero attached hydrogens (tertiary/aromatic N) is 2. The smallest absolute Gasteiger partial charge is 0.0650 e. The number of alkyl halides is 1. The summed E-state index contributed by atoms with van der Waals surface area (Å²) in [5.41, 5.74) is 2.23. The van der Waals surface area contributed by atoms with E-state index in [-0.39, 0.29) is 0 Å². The maximum absolute atomic E-state index is 5.89. The van der Waals surface area contributed by atoms with Crippen LogP contribution in [0.4, 0.5) is 0 Å². The Kier molecular flexibility index (Phi) is 5.95. The molecule has 1 N–H and O–H groups in total. The van der Waals surface area contributed by atoms with Crippen molar-refractivity contribution in [2.24, 2.45) is 0 Å². The molecule has 1 aliphatic rings. The van der Waals surface area contributed by atoms with Crippen molar-refractivity contribution in [1.82, 2.24) is 15.2 Å². The molecule has 5 heteroatoms. The van der Waals surface area contributed by atoms with E-state index in [2.05, 4.69) is 35.1 Å². The Hall–Kier alpha value is -0.290. The van der Waals surface area contributed by atoms with Crippen molar-refractivity contribution in [3.8, 4) is 0 Å². The van der Waals surface area contributed by atoms with Gasteiger partial charge in [-0.25, -0.2) is 0 Å². The molecular formula is C14H22ClN3S. The molecular weight excluding hydrogens is 278 g/mol. The lowest BCUT2D eigenvalue weighted by Gasteiger charge is -2.31. The average molecular weight is 300 g/mol. The summed E-state index contributed by atoms with van der Waals surface area (Å²) in [6.45, 7) is 8.93. The Morgan fingerprint density at radius 3 is 3.16 bits per heavy atom. The van der Waals surface area contributed by atoms with Gasteiger partial charge < -0.3 is 5.32 Å². The number of rotatable bonds is 5. The van der Waals surface area contributed by atoms with Crippen LogP contribution in [-0.2, 0) is 5.88 Å². The van der Waals surface area contributed by atoms with Gasteiger partial charge in [-0.05, 0) is 25.5 Å². The molecule has 19 heavy (non-hydrogen) atoms. The highest BCUT2D eigenvalue weighted by atomic mass is 35.5. The van der Waals surface area contributed by atoms with Gasteiger partial charge in [0.25, 0.3) is 0 Å². The van der Waals surface area contributed by atoms with Crippen LogP contribution < -0.4 is 5.32 Å². The number of hydrogen-bond donors (Lipinski definition) is 1. The lowest BCUT2D eigenvalue weighted by Crippen LogP contribution is -2.49. The van der Waals surface area contributed by atoms with Gasteiger partial charge in [-0.1, -0.05) is 0 Å². The first kappa shape index (κ1) is 15.1. The first-order valence-corrected chi connectivity index (χ1v) is 8.31. The number of nitrogens with one attached hydrogen (secondary N) is 1. The van der Waals surface area contributed by atoms with Crippen molar-refractivity contribution >= 4 is 23.4 Å². The Labute approximate surface area is 125 Å². The van der Waals surface area contributed by atoms with Crippen molar-refractivity contribution in [1.29, 1.82) is 0 Å². The van der Waals surface area contributed by atoms with Crippen molar-refractivity contribution in [3.63, 3.8) is 0 Å². The number of pyridine rings is 1.